The molecule has 1 aromatic carbocycles. The molecule has 1 aliphatic heterocycles. The largest absolute Gasteiger partial charge is 0.396 e. The Morgan fingerprint density at radius 2 is 2.31 bits per heavy atom. The summed E-state index contributed by atoms with van der Waals surface area (Å²) in [5, 5.41) is 3.77. The number of benzene rings is 1. The summed E-state index contributed by atoms with van der Waals surface area (Å²) in [5.41, 5.74) is 7.24. The number of nitrogen functional groups attached to an aromatic ring is 1. The van der Waals surface area contributed by atoms with Gasteiger partial charge in [-0.1, -0.05) is 17.7 Å². The van der Waals surface area contributed by atoms with Crippen LogP contribution < -0.4 is 11.1 Å². The van der Waals surface area contributed by atoms with E-state index in [1.54, 1.807) is 6.07 Å². The van der Waals surface area contributed by atoms with Crippen LogP contribution in [0, 0.1) is 0 Å². The van der Waals surface area contributed by atoms with Gasteiger partial charge in [-0.05, 0) is 12.1 Å². The predicted molar refractivity (Wildman–Crippen MR) is 64.9 cm³/mol. The second-order valence-corrected chi connectivity index (χ2v) is 4.06. The first-order valence-corrected chi connectivity index (χ1v) is 5.62. The number of halogens is 1. The van der Waals surface area contributed by atoms with Crippen LogP contribution in [0.2, 0.25) is 5.02 Å². The van der Waals surface area contributed by atoms with E-state index in [0.717, 1.165) is 5.69 Å². The third-order valence-corrected chi connectivity index (χ3v) is 2.79. The number of nitrogens with two attached hydrogens (primary N) is 1. The molecule has 4 nitrogen and oxygen atoms in total. The van der Waals surface area contributed by atoms with Crippen LogP contribution >= 0.6 is 11.6 Å². The van der Waals surface area contributed by atoms with Gasteiger partial charge in [0.15, 0.2) is 0 Å². The molecule has 0 aliphatic carbocycles. The van der Waals surface area contributed by atoms with Gasteiger partial charge >= 0.3 is 0 Å². The van der Waals surface area contributed by atoms with E-state index in [9.17, 15) is 0 Å². The summed E-state index contributed by atoms with van der Waals surface area (Å²) in [6.07, 6.45) is 0.0760. The Morgan fingerprint density at radius 3 is 3.06 bits per heavy atom. The SMILES string of the molecule is Nc1c(Cl)cccc1NCC1COCCO1. The lowest BCUT2D eigenvalue weighted by molar-refractivity contribution is -0.0818. The van der Waals surface area contributed by atoms with Gasteiger partial charge in [-0.2, -0.15) is 0 Å². The third kappa shape index (κ3) is 2.78. The fraction of sp³-hybridized carbons (Fsp3) is 0.455. The van der Waals surface area contributed by atoms with Crippen LogP contribution in [0.15, 0.2) is 18.2 Å². The average molecular weight is 243 g/mol. The maximum Gasteiger partial charge on any atom is 0.0981 e. The summed E-state index contributed by atoms with van der Waals surface area (Å²) >= 11 is 5.91. The number of hydrogen-bond donors (Lipinski definition) is 2. The molecule has 0 radical (unpaired) electrons. The number of para-hydroxylation sites is 1. The highest BCUT2D eigenvalue weighted by molar-refractivity contribution is 6.33. The number of hydrogen-bond acceptors (Lipinski definition) is 4. The summed E-state index contributed by atoms with van der Waals surface area (Å²) in [6, 6.07) is 5.52. The third-order valence-electron chi connectivity index (χ3n) is 2.46. The van der Waals surface area contributed by atoms with Crippen LogP contribution in [-0.4, -0.2) is 32.5 Å². The quantitative estimate of drug-likeness (QED) is 0.793. The van der Waals surface area contributed by atoms with Gasteiger partial charge in [0.2, 0.25) is 0 Å². The minimum atomic E-state index is 0.0760. The highest BCUT2D eigenvalue weighted by atomic mass is 35.5. The number of nitrogens with one attached hydrogen (secondary N) is 1. The lowest BCUT2D eigenvalue weighted by Gasteiger charge is -2.23. The molecule has 16 heavy (non-hydrogen) atoms. The zero-order valence-corrected chi connectivity index (χ0v) is 9.67. The van der Waals surface area contributed by atoms with Crippen molar-refractivity contribution in [2.75, 3.05) is 37.4 Å². The van der Waals surface area contributed by atoms with E-state index in [-0.39, 0.29) is 6.10 Å². The summed E-state index contributed by atoms with van der Waals surface area (Å²) in [6.45, 7) is 2.62. The molecule has 0 aromatic heterocycles. The highest BCUT2D eigenvalue weighted by Gasteiger charge is 2.14. The topological polar surface area (TPSA) is 56.5 Å². The molecule has 88 valence electrons. The van der Waals surface area contributed by atoms with Crippen LogP contribution in [0.4, 0.5) is 11.4 Å². The normalized spacial score (nSPS) is 20.7. The first-order chi connectivity index (χ1) is 7.77. The second kappa shape index (κ2) is 5.39. The van der Waals surface area contributed by atoms with Crippen LogP contribution in [0.5, 0.6) is 0 Å². The smallest absolute Gasteiger partial charge is 0.0981 e. The summed E-state index contributed by atoms with van der Waals surface area (Å²) in [5.74, 6) is 0. The molecule has 0 bridgehead atoms. The van der Waals surface area contributed by atoms with Crippen LogP contribution in [-0.2, 0) is 9.47 Å². The molecule has 1 unspecified atom stereocenters. The van der Waals surface area contributed by atoms with E-state index >= 15 is 0 Å². The van der Waals surface area contributed by atoms with Crippen molar-refractivity contribution >= 4 is 23.0 Å². The Kier molecular flexibility index (Phi) is 3.88. The Labute approximate surface area is 99.7 Å². The molecular weight excluding hydrogens is 228 g/mol. The molecule has 0 saturated carbocycles. The molecule has 0 spiro atoms. The van der Waals surface area contributed by atoms with Gasteiger partial charge in [-0.15, -0.1) is 0 Å². The van der Waals surface area contributed by atoms with E-state index in [1.165, 1.54) is 0 Å². The van der Waals surface area contributed by atoms with E-state index < -0.39 is 0 Å². The van der Waals surface area contributed by atoms with E-state index in [1.807, 2.05) is 12.1 Å². The first-order valence-electron chi connectivity index (χ1n) is 5.24. The van der Waals surface area contributed by atoms with Gasteiger partial charge in [0, 0.05) is 6.54 Å². The minimum Gasteiger partial charge on any atom is -0.396 e. The monoisotopic (exact) mass is 242 g/mol. The van der Waals surface area contributed by atoms with Gasteiger partial charge in [0.1, 0.15) is 0 Å². The predicted octanol–water partition coefficient (Wildman–Crippen LogP) is 1.75. The van der Waals surface area contributed by atoms with E-state index in [4.69, 9.17) is 26.8 Å². The van der Waals surface area contributed by atoms with Gasteiger partial charge in [0.25, 0.3) is 0 Å². The average Bonchev–Trinajstić information content (AvgIpc) is 2.32. The molecule has 1 fully saturated rings. The van der Waals surface area contributed by atoms with Crippen molar-refractivity contribution in [3.63, 3.8) is 0 Å². The van der Waals surface area contributed by atoms with E-state index in [0.29, 0.717) is 37.1 Å². The Bertz CT molecular complexity index is 354. The van der Waals surface area contributed by atoms with Crippen molar-refractivity contribution in [1.29, 1.82) is 0 Å². The van der Waals surface area contributed by atoms with E-state index in [2.05, 4.69) is 5.32 Å². The number of rotatable bonds is 3. The van der Waals surface area contributed by atoms with Crippen molar-refractivity contribution < 1.29 is 9.47 Å². The molecule has 1 heterocycles. The van der Waals surface area contributed by atoms with Crippen molar-refractivity contribution in [2.24, 2.45) is 0 Å². The lowest BCUT2D eigenvalue weighted by atomic mass is 10.2. The molecule has 1 saturated heterocycles. The summed E-state index contributed by atoms with van der Waals surface area (Å²) in [7, 11) is 0. The minimum absolute atomic E-state index is 0.0760. The fourth-order valence-corrected chi connectivity index (χ4v) is 1.74. The zero-order valence-electron chi connectivity index (χ0n) is 8.91. The van der Waals surface area contributed by atoms with Crippen molar-refractivity contribution in [3.8, 4) is 0 Å². The van der Waals surface area contributed by atoms with Crippen molar-refractivity contribution in [1.82, 2.24) is 0 Å². The number of ether oxygens (including phenoxy) is 2. The second-order valence-electron chi connectivity index (χ2n) is 3.65. The zero-order chi connectivity index (χ0) is 11.4. The summed E-state index contributed by atoms with van der Waals surface area (Å²) < 4.78 is 10.8. The summed E-state index contributed by atoms with van der Waals surface area (Å²) in [4.78, 5) is 0. The van der Waals surface area contributed by atoms with Gasteiger partial charge in [0.05, 0.1) is 42.3 Å². The Morgan fingerprint density at radius 1 is 1.44 bits per heavy atom. The maximum atomic E-state index is 5.91. The Balaban J connectivity index is 1.91. The molecule has 3 N–H and O–H groups in total. The van der Waals surface area contributed by atoms with Gasteiger partial charge in [-0.25, -0.2) is 0 Å². The van der Waals surface area contributed by atoms with Crippen LogP contribution in [0.1, 0.15) is 0 Å². The van der Waals surface area contributed by atoms with Gasteiger partial charge in [-0.3, -0.25) is 0 Å². The molecular formula is C11H15ClN2O2. The lowest BCUT2D eigenvalue weighted by Crippen LogP contribution is -2.34. The molecule has 1 atom stereocenters. The van der Waals surface area contributed by atoms with Crippen LogP contribution in [0.25, 0.3) is 0 Å². The van der Waals surface area contributed by atoms with Crippen molar-refractivity contribution in [2.45, 2.75) is 6.10 Å². The fourth-order valence-electron chi connectivity index (χ4n) is 1.57. The maximum absolute atomic E-state index is 5.91. The molecule has 2 rings (SSSR count). The Hall–Kier alpha value is -0.970. The molecule has 1 aliphatic rings. The molecule has 0 amide bonds. The molecule has 5 heteroatoms. The standard InChI is InChI=1S/C11H15ClN2O2/c12-9-2-1-3-10(11(9)13)14-6-8-7-15-4-5-16-8/h1-3,8,14H,4-7,13H2. The van der Waals surface area contributed by atoms with Crippen LogP contribution in [0.3, 0.4) is 0 Å². The van der Waals surface area contributed by atoms with Gasteiger partial charge < -0.3 is 20.5 Å². The first kappa shape index (κ1) is 11.5. The highest BCUT2D eigenvalue weighted by Crippen LogP contribution is 2.26. The molecule has 1 aromatic rings. The number of anilines is 2. The van der Waals surface area contributed by atoms with Crippen molar-refractivity contribution in [3.05, 3.63) is 23.2 Å².